The third-order valence-corrected chi connectivity index (χ3v) is 3.54. The van der Waals surface area contributed by atoms with Crippen molar-refractivity contribution in [2.24, 2.45) is 5.92 Å². The van der Waals surface area contributed by atoms with Crippen LogP contribution in [0.5, 0.6) is 0 Å². The van der Waals surface area contributed by atoms with Crippen molar-refractivity contribution >= 4 is 5.97 Å². The summed E-state index contributed by atoms with van der Waals surface area (Å²) in [6.45, 7) is 10.0. The topological polar surface area (TPSA) is 49.3 Å². The van der Waals surface area contributed by atoms with Crippen LogP contribution >= 0.6 is 0 Å². The van der Waals surface area contributed by atoms with Gasteiger partial charge in [-0.2, -0.15) is 0 Å². The molecule has 19 heavy (non-hydrogen) atoms. The minimum absolute atomic E-state index is 0.179. The second kappa shape index (κ2) is 7.29. The number of carbonyl (C=O) groups is 1. The van der Waals surface area contributed by atoms with Crippen LogP contribution in [-0.4, -0.2) is 24.2 Å². The largest absolute Gasteiger partial charge is 0.481 e. The molecular weight excluding hydrogens is 238 g/mol. The molecule has 1 atom stereocenters. The van der Waals surface area contributed by atoms with E-state index in [-0.39, 0.29) is 12.3 Å². The molecule has 1 aromatic carbocycles. The molecule has 0 aromatic heterocycles. The number of hydrogen-bond donors (Lipinski definition) is 2. The van der Waals surface area contributed by atoms with Gasteiger partial charge in [-0.1, -0.05) is 19.1 Å². The van der Waals surface area contributed by atoms with E-state index in [9.17, 15) is 4.79 Å². The number of hydrogen-bond acceptors (Lipinski definition) is 2. The Hall–Kier alpha value is -1.35. The van der Waals surface area contributed by atoms with Crippen LogP contribution in [0.15, 0.2) is 12.1 Å². The zero-order valence-electron chi connectivity index (χ0n) is 12.4. The van der Waals surface area contributed by atoms with Gasteiger partial charge in [0.2, 0.25) is 0 Å². The predicted octanol–water partition coefficient (Wildman–Crippen LogP) is 2.85. The fourth-order valence-electron chi connectivity index (χ4n) is 2.23. The number of rotatable bonds is 7. The molecule has 3 heteroatoms. The lowest BCUT2D eigenvalue weighted by molar-refractivity contribution is -0.137. The molecule has 0 saturated carbocycles. The maximum Gasteiger partial charge on any atom is 0.303 e. The van der Waals surface area contributed by atoms with E-state index in [1.165, 1.54) is 22.3 Å². The number of benzene rings is 1. The van der Waals surface area contributed by atoms with Crippen LogP contribution in [0.2, 0.25) is 0 Å². The van der Waals surface area contributed by atoms with Gasteiger partial charge in [-0.3, -0.25) is 4.79 Å². The van der Waals surface area contributed by atoms with Crippen molar-refractivity contribution in [3.8, 4) is 0 Å². The molecule has 0 aliphatic heterocycles. The van der Waals surface area contributed by atoms with E-state index in [0.717, 1.165) is 19.5 Å². The molecule has 3 nitrogen and oxygen atoms in total. The minimum Gasteiger partial charge on any atom is -0.481 e. The molecule has 0 heterocycles. The fraction of sp³-hybridized carbons (Fsp3) is 0.562. The zero-order valence-corrected chi connectivity index (χ0v) is 12.4. The third-order valence-electron chi connectivity index (χ3n) is 3.54. The van der Waals surface area contributed by atoms with Crippen LogP contribution in [0, 0.1) is 26.7 Å². The van der Waals surface area contributed by atoms with Gasteiger partial charge in [-0.05, 0) is 68.5 Å². The van der Waals surface area contributed by atoms with Crippen LogP contribution in [-0.2, 0) is 11.2 Å². The molecule has 0 spiro atoms. The number of carboxylic acid groups (broad SMARTS) is 1. The molecule has 0 amide bonds. The summed E-state index contributed by atoms with van der Waals surface area (Å²) in [5.41, 5.74) is 5.38. The normalized spacial score (nSPS) is 12.4. The van der Waals surface area contributed by atoms with E-state index >= 15 is 0 Å². The summed E-state index contributed by atoms with van der Waals surface area (Å²) in [5.74, 6) is -0.544. The molecule has 0 bridgehead atoms. The van der Waals surface area contributed by atoms with Gasteiger partial charge in [-0.15, -0.1) is 0 Å². The minimum atomic E-state index is -0.723. The van der Waals surface area contributed by atoms with Crippen LogP contribution in [0.4, 0.5) is 0 Å². The fourth-order valence-corrected chi connectivity index (χ4v) is 2.23. The smallest absolute Gasteiger partial charge is 0.303 e. The first kappa shape index (κ1) is 15.7. The third kappa shape index (κ3) is 5.43. The standard InChI is InChI=1S/C16H25NO2/c1-11(7-16(18)19)10-17-6-5-15-9-13(3)12(2)8-14(15)4/h8-9,11,17H,5-7,10H2,1-4H3,(H,18,19). The van der Waals surface area contributed by atoms with Crippen molar-refractivity contribution in [3.63, 3.8) is 0 Å². The lowest BCUT2D eigenvalue weighted by Gasteiger charge is -2.12. The van der Waals surface area contributed by atoms with Gasteiger partial charge in [0.1, 0.15) is 0 Å². The van der Waals surface area contributed by atoms with Crippen molar-refractivity contribution in [3.05, 3.63) is 34.4 Å². The van der Waals surface area contributed by atoms with E-state index in [1.54, 1.807) is 0 Å². The van der Waals surface area contributed by atoms with E-state index in [1.807, 2.05) is 6.92 Å². The van der Waals surface area contributed by atoms with Crippen LogP contribution in [0.25, 0.3) is 0 Å². The summed E-state index contributed by atoms with van der Waals surface area (Å²) in [7, 11) is 0. The highest BCUT2D eigenvalue weighted by molar-refractivity contribution is 5.66. The molecule has 0 aliphatic rings. The molecular formula is C16H25NO2. The van der Waals surface area contributed by atoms with Gasteiger partial charge in [0.25, 0.3) is 0 Å². The van der Waals surface area contributed by atoms with Crippen LogP contribution in [0.1, 0.15) is 35.6 Å². The number of carboxylic acids is 1. The Morgan fingerprint density at radius 3 is 2.47 bits per heavy atom. The van der Waals surface area contributed by atoms with Crippen molar-refractivity contribution in [1.82, 2.24) is 5.32 Å². The lowest BCUT2D eigenvalue weighted by atomic mass is 9.99. The Kier molecular flexibility index (Phi) is 6.03. The first-order chi connectivity index (χ1) is 8.90. The highest BCUT2D eigenvalue weighted by atomic mass is 16.4. The maximum absolute atomic E-state index is 10.6. The highest BCUT2D eigenvalue weighted by Crippen LogP contribution is 2.15. The van der Waals surface area contributed by atoms with Crippen molar-refractivity contribution < 1.29 is 9.90 Å². The molecule has 106 valence electrons. The molecule has 0 fully saturated rings. The SMILES string of the molecule is Cc1cc(C)c(CCNCC(C)CC(=O)O)cc1C. The van der Waals surface area contributed by atoms with Gasteiger partial charge < -0.3 is 10.4 Å². The molecule has 1 unspecified atom stereocenters. The van der Waals surface area contributed by atoms with Crippen LogP contribution in [0.3, 0.4) is 0 Å². The average molecular weight is 263 g/mol. The van der Waals surface area contributed by atoms with Crippen molar-refractivity contribution in [2.75, 3.05) is 13.1 Å². The van der Waals surface area contributed by atoms with Gasteiger partial charge in [0.05, 0.1) is 0 Å². The summed E-state index contributed by atoms with van der Waals surface area (Å²) >= 11 is 0. The molecule has 0 saturated heterocycles. The zero-order chi connectivity index (χ0) is 14.4. The molecule has 2 N–H and O–H groups in total. The van der Waals surface area contributed by atoms with Crippen LogP contribution < -0.4 is 5.32 Å². The van der Waals surface area contributed by atoms with Crippen molar-refractivity contribution in [2.45, 2.75) is 40.5 Å². The first-order valence-electron chi connectivity index (χ1n) is 6.89. The van der Waals surface area contributed by atoms with E-state index in [0.29, 0.717) is 0 Å². The lowest BCUT2D eigenvalue weighted by Crippen LogP contribution is -2.25. The van der Waals surface area contributed by atoms with Gasteiger partial charge >= 0.3 is 5.97 Å². The molecule has 1 rings (SSSR count). The average Bonchev–Trinajstić information content (AvgIpc) is 2.30. The second-order valence-corrected chi connectivity index (χ2v) is 5.52. The Labute approximate surface area is 116 Å². The van der Waals surface area contributed by atoms with E-state index < -0.39 is 5.97 Å². The predicted molar refractivity (Wildman–Crippen MR) is 78.6 cm³/mol. The quantitative estimate of drug-likeness (QED) is 0.744. The molecule has 1 aromatic rings. The number of nitrogens with one attached hydrogen (secondary N) is 1. The number of aryl methyl sites for hydroxylation is 3. The Bertz CT molecular complexity index is 441. The Balaban J connectivity index is 2.37. The van der Waals surface area contributed by atoms with Gasteiger partial charge in [0.15, 0.2) is 0 Å². The molecule has 0 aliphatic carbocycles. The van der Waals surface area contributed by atoms with Gasteiger partial charge in [0, 0.05) is 6.42 Å². The maximum atomic E-state index is 10.6. The summed E-state index contributed by atoms with van der Waals surface area (Å²) < 4.78 is 0. The molecule has 0 radical (unpaired) electrons. The van der Waals surface area contributed by atoms with E-state index in [2.05, 4.69) is 38.2 Å². The summed E-state index contributed by atoms with van der Waals surface area (Å²) in [4.78, 5) is 10.6. The van der Waals surface area contributed by atoms with Crippen molar-refractivity contribution in [1.29, 1.82) is 0 Å². The monoisotopic (exact) mass is 263 g/mol. The summed E-state index contributed by atoms with van der Waals surface area (Å²) in [6.07, 6.45) is 1.22. The Morgan fingerprint density at radius 2 is 1.84 bits per heavy atom. The second-order valence-electron chi connectivity index (χ2n) is 5.52. The first-order valence-corrected chi connectivity index (χ1v) is 6.89. The Morgan fingerprint density at radius 1 is 1.21 bits per heavy atom. The van der Waals surface area contributed by atoms with Gasteiger partial charge in [-0.25, -0.2) is 0 Å². The number of aliphatic carboxylic acids is 1. The summed E-state index contributed by atoms with van der Waals surface area (Å²) in [6, 6.07) is 4.49. The summed E-state index contributed by atoms with van der Waals surface area (Å²) in [5, 5.41) is 12.0. The highest BCUT2D eigenvalue weighted by Gasteiger charge is 2.07. The van der Waals surface area contributed by atoms with E-state index in [4.69, 9.17) is 5.11 Å².